The summed E-state index contributed by atoms with van der Waals surface area (Å²) in [6.07, 6.45) is -0.153. The number of para-hydroxylation sites is 2. The summed E-state index contributed by atoms with van der Waals surface area (Å²) < 4.78 is 17.1. The highest BCUT2D eigenvalue weighted by Gasteiger charge is 2.27. The van der Waals surface area contributed by atoms with Gasteiger partial charge in [0.2, 0.25) is 0 Å². The maximum atomic E-state index is 12.4. The molecule has 0 aliphatic carbocycles. The highest BCUT2D eigenvalue weighted by atomic mass is 16.6. The summed E-state index contributed by atoms with van der Waals surface area (Å²) in [5.74, 6) is 2.53. The van der Waals surface area contributed by atoms with E-state index < -0.39 is 0 Å². The van der Waals surface area contributed by atoms with Crippen LogP contribution in [0.1, 0.15) is 11.1 Å². The van der Waals surface area contributed by atoms with E-state index in [1.54, 1.807) is 12.0 Å². The second kappa shape index (κ2) is 10.0. The molecule has 0 aromatic heterocycles. The smallest absolute Gasteiger partial charge is 0.275 e. The predicted octanol–water partition coefficient (Wildman–Crippen LogP) is -0.757. The lowest BCUT2D eigenvalue weighted by Gasteiger charge is -2.30. The molecule has 0 saturated carbocycles. The third kappa shape index (κ3) is 5.68. The zero-order valence-electron chi connectivity index (χ0n) is 18.4. The average molecular weight is 428 g/mol. The number of methoxy groups -OCH3 is 1. The lowest BCUT2D eigenvalue weighted by atomic mass is 10.1. The zero-order valence-corrected chi connectivity index (χ0v) is 18.4. The average Bonchev–Trinajstić information content (AvgIpc) is 2.79. The van der Waals surface area contributed by atoms with E-state index in [0.29, 0.717) is 19.7 Å². The topological polar surface area (TPSA) is 65.7 Å². The highest BCUT2D eigenvalue weighted by molar-refractivity contribution is 5.76. The van der Waals surface area contributed by atoms with Gasteiger partial charge in [-0.15, -0.1) is 0 Å². The van der Waals surface area contributed by atoms with E-state index in [1.807, 2.05) is 24.3 Å². The number of aryl methyl sites for hydroxylation is 1. The minimum Gasteiger partial charge on any atom is -0.496 e. The van der Waals surface area contributed by atoms with Crippen molar-refractivity contribution in [1.82, 2.24) is 5.32 Å². The molecule has 166 valence electrons. The Morgan fingerprint density at radius 1 is 1.10 bits per heavy atom. The first-order valence-electron chi connectivity index (χ1n) is 11.1. The standard InChI is InChI=1S/C24H31N3O4/c1-18-7-8-21(29-2)19(13-18)15-26-9-11-27(12-10-26)16-24(28)25-14-20-17-30-22-5-3-4-6-23(22)31-20/h3-8,13,20H,9-12,14-17H2,1-2H3,(H,25,28)/p+2/t20-/m0/s1. The number of piperazine rings is 1. The molecule has 3 N–H and O–H groups in total. The summed E-state index contributed by atoms with van der Waals surface area (Å²) in [5.41, 5.74) is 2.52. The van der Waals surface area contributed by atoms with Gasteiger partial charge < -0.3 is 29.3 Å². The van der Waals surface area contributed by atoms with Crippen LogP contribution in [0.2, 0.25) is 0 Å². The number of rotatable bonds is 7. The van der Waals surface area contributed by atoms with Gasteiger partial charge in [-0.3, -0.25) is 4.79 Å². The molecule has 4 rings (SSSR count). The molecule has 7 nitrogen and oxygen atoms in total. The van der Waals surface area contributed by atoms with E-state index in [4.69, 9.17) is 14.2 Å². The minimum absolute atomic E-state index is 0.0706. The second-order valence-corrected chi connectivity index (χ2v) is 8.47. The largest absolute Gasteiger partial charge is 0.496 e. The first kappa shape index (κ1) is 21.5. The lowest BCUT2D eigenvalue weighted by Crippen LogP contribution is -3.28. The fourth-order valence-corrected chi connectivity index (χ4v) is 4.31. The summed E-state index contributed by atoms with van der Waals surface area (Å²) in [4.78, 5) is 15.3. The van der Waals surface area contributed by atoms with E-state index in [9.17, 15) is 4.79 Å². The molecule has 1 atom stereocenters. The molecule has 0 unspecified atom stereocenters. The quantitative estimate of drug-likeness (QED) is 0.544. The third-order valence-electron chi connectivity index (χ3n) is 6.05. The molecular weight excluding hydrogens is 394 g/mol. The number of carbonyl (C=O) groups is 1. The molecule has 7 heteroatoms. The Hall–Kier alpha value is -2.77. The van der Waals surface area contributed by atoms with Crippen LogP contribution in [0.15, 0.2) is 42.5 Å². The van der Waals surface area contributed by atoms with Gasteiger partial charge in [0.05, 0.1) is 13.7 Å². The van der Waals surface area contributed by atoms with Crippen LogP contribution < -0.4 is 29.3 Å². The van der Waals surface area contributed by atoms with Gasteiger partial charge in [0.25, 0.3) is 5.91 Å². The number of ether oxygens (including phenoxy) is 3. The van der Waals surface area contributed by atoms with Crippen molar-refractivity contribution in [2.24, 2.45) is 0 Å². The van der Waals surface area contributed by atoms with Gasteiger partial charge in [0.15, 0.2) is 18.0 Å². The van der Waals surface area contributed by atoms with E-state index in [1.165, 1.54) is 16.0 Å². The summed E-state index contributed by atoms with van der Waals surface area (Å²) in [7, 11) is 1.73. The Kier molecular flexibility index (Phi) is 6.94. The van der Waals surface area contributed by atoms with Gasteiger partial charge in [0, 0.05) is 5.56 Å². The van der Waals surface area contributed by atoms with Gasteiger partial charge in [-0.25, -0.2) is 0 Å². The molecule has 1 saturated heterocycles. The van der Waals surface area contributed by atoms with E-state index in [-0.39, 0.29) is 12.0 Å². The Morgan fingerprint density at radius 3 is 2.61 bits per heavy atom. The summed E-state index contributed by atoms with van der Waals surface area (Å²) >= 11 is 0. The minimum atomic E-state index is -0.153. The Labute approximate surface area is 183 Å². The molecule has 1 fully saturated rings. The monoisotopic (exact) mass is 427 g/mol. The predicted molar refractivity (Wildman–Crippen MR) is 117 cm³/mol. The number of nitrogens with one attached hydrogen (secondary N) is 3. The highest BCUT2D eigenvalue weighted by Crippen LogP contribution is 2.30. The maximum absolute atomic E-state index is 12.4. The van der Waals surface area contributed by atoms with Crippen LogP contribution in [0.4, 0.5) is 0 Å². The number of quaternary nitrogens is 2. The molecule has 2 aliphatic rings. The van der Waals surface area contributed by atoms with Crippen molar-refractivity contribution in [3.63, 3.8) is 0 Å². The molecule has 2 aliphatic heterocycles. The number of hydrogen-bond acceptors (Lipinski definition) is 4. The molecule has 31 heavy (non-hydrogen) atoms. The number of hydrogen-bond donors (Lipinski definition) is 3. The Bertz CT molecular complexity index is 896. The molecule has 2 aromatic rings. The number of amides is 1. The van der Waals surface area contributed by atoms with Gasteiger partial charge in [0.1, 0.15) is 51.2 Å². The number of benzene rings is 2. The fourth-order valence-electron chi connectivity index (χ4n) is 4.31. The molecule has 1 amide bonds. The van der Waals surface area contributed by atoms with Crippen LogP contribution in [0.3, 0.4) is 0 Å². The summed E-state index contributed by atoms with van der Waals surface area (Å²) in [6.45, 7) is 8.59. The van der Waals surface area contributed by atoms with Crippen molar-refractivity contribution in [2.75, 3.05) is 53.0 Å². The molecule has 2 aromatic carbocycles. The van der Waals surface area contributed by atoms with Crippen LogP contribution in [-0.4, -0.2) is 65.0 Å². The fraction of sp³-hybridized carbons (Fsp3) is 0.458. The molecule has 2 heterocycles. The number of carbonyl (C=O) groups excluding carboxylic acids is 1. The second-order valence-electron chi connectivity index (χ2n) is 8.47. The molecule has 0 bridgehead atoms. The van der Waals surface area contributed by atoms with Crippen molar-refractivity contribution in [3.05, 3.63) is 53.6 Å². The van der Waals surface area contributed by atoms with E-state index in [0.717, 1.165) is 50.0 Å². The maximum Gasteiger partial charge on any atom is 0.275 e. The molecule has 0 radical (unpaired) electrons. The van der Waals surface area contributed by atoms with Crippen molar-refractivity contribution in [3.8, 4) is 17.2 Å². The van der Waals surface area contributed by atoms with Crippen LogP contribution in [0, 0.1) is 6.92 Å². The van der Waals surface area contributed by atoms with Crippen LogP contribution in [0.5, 0.6) is 17.2 Å². The van der Waals surface area contributed by atoms with Crippen molar-refractivity contribution < 1.29 is 28.8 Å². The zero-order chi connectivity index (χ0) is 21.6. The lowest BCUT2D eigenvalue weighted by molar-refractivity contribution is -1.02. The molecule has 0 spiro atoms. The van der Waals surface area contributed by atoms with Crippen LogP contribution in [0.25, 0.3) is 0 Å². The first-order valence-corrected chi connectivity index (χ1v) is 11.1. The van der Waals surface area contributed by atoms with E-state index >= 15 is 0 Å². The van der Waals surface area contributed by atoms with Crippen molar-refractivity contribution in [2.45, 2.75) is 19.6 Å². The third-order valence-corrected chi connectivity index (χ3v) is 6.05. The van der Waals surface area contributed by atoms with Crippen molar-refractivity contribution >= 4 is 5.91 Å². The first-order chi connectivity index (χ1) is 15.1. The summed E-state index contributed by atoms with van der Waals surface area (Å²) in [6, 6.07) is 14.0. The number of fused-ring (bicyclic) bond motifs is 1. The Balaban J connectivity index is 1.18. The normalized spacial score (nSPS) is 22.6. The van der Waals surface area contributed by atoms with Gasteiger partial charge in [-0.2, -0.15) is 0 Å². The SMILES string of the molecule is COc1ccc(C)cc1C[NH+]1CC[NH+](CC(=O)NC[C@H]2COc3ccccc3O2)CC1. The van der Waals surface area contributed by atoms with Gasteiger partial charge >= 0.3 is 0 Å². The van der Waals surface area contributed by atoms with E-state index in [2.05, 4.69) is 30.4 Å². The van der Waals surface area contributed by atoms with Crippen LogP contribution in [-0.2, 0) is 11.3 Å². The van der Waals surface area contributed by atoms with Gasteiger partial charge in [-0.05, 0) is 31.2 Å². The van der Waals surface area contributed by atoms with Gasteiger partial charge in [-0.1, -0.05) is 23.8 Å². The molecular formula is C24H33N3O4+2. The summed E-state index contributed by atoms with van der Waals surface area (Å²) in [5, 5.41) is 3.01. The van der Waals surface area contributed by atoms with Crippen LogP contribution >= 0.6 is 0 Å². The van der Waals surface area contributed by atoms with Crippen molar-refractivity contribution in [1.29, 1.82) is 0 Å². The Morgan fingerprint density at radius 2 is 1.84 bits per heavy atom.